The first-order chi connectivity index (χ1) is 9.59. The molecule has 114 valence electrons. The Morgan fingerprint density at radius 2 is 1.76 bits per heavy atom. The summed E-state index contributed by atoms with van der Waals surface area (Å²) in [7, 11) is -2.02. The van der Waals surface area contributed by atoms with Gasteiger partial charge in [-0.25, -0.2) is 18.5 Å². The molecule has 6 heteroatoms. The van der Waals surface area contributed by atoms with Gasteiger partial charge in [0.05, 0.1) is 5.69 Å². The second-order valence-corrected chi connectivity index (χ2v) is 7.87. The van der Waals surface area contributed by atoms with Crippen LogP contribution in [-0.4, -0.2) is 18.0 Å². The van der Waals surface area contributed by atoms with Crippen molar-refractivity contribution in [3.63, 3.8) is 0 Å². The summed E-state index contributed by atoms with van der Waals surface area (Å²) in [5.74, 6) is 0.610. The summed E-state index contributed by atoms with van der Waals surface area (Å²) in [4.78, 5) is 4.29. The van der Waals surface area contributed by atoms with Crippen LogP contribution in [0.2, 0.25) is 0 Å². The van der Waals surface area contributed by atoms with Crippen molar-refractivity contribution < 1.29 is 8.42 Å². The Morgan fingerprint density at radius 3 is 2.24 bits per heavy atom. The summed E-state index contributed by atoms with van der Waals surface area (Å²) in [5, 5.41) is 5.30. The average molecular weight is 307 g/mol. The molecule has 2 rings (SSSR count). The summed E-state index contributed by atoms with van der Waals surface area (Å²) in [6.07, 6.45) is 0.578. The molecule has 1 aromatic heterocycles. The Kier molecular flexibility index (Phi) is 3.95. The number of nitrogens with two attached hydrogens (primary N) is 1. The van der Waals surface area contributed by atoms with E-state index in [1.54, 1.807) is 0 Å². The van der Waals surface area contributed by atoms with Crippen LogP contribution in [0.15, 0.2) is 35.4 Å². The van der Waals surface area contributed by atoms with Crippen molar-refractivity contribution in [1.29, 1.82) is 0 Å². The number of rotatable bonds is 3. The summed E-state index contributed by atoms with van der Waals surface area (Å²) in [6.45, 7) is 6.15. The summed E-state index contributed by atoms with van der Waals surface area (Å²) in [5.41, 5.74) is 1.44. The Morgan fingerprint density at radius 1 is 1.19 bits per heavy atom. The minimum Gasteiger partial charge on any atom is -0.330 e. The van der Waals surface area contributed by atoms with Gasteiger partial charge >= 0.3 is 0 Å². The second kappa shape index (κ2) is 5.27. The predicted octanol–water partition coefficient (Wildman–Crippen LogP) is 2.32. The van der Waals surface area contributed by atoms with Gasteiger partial charge in [0.1, 0.15) is 5.82 Å². The van der Waals surface area contributed by atoms with Crippen LogP contribution >= 0.6 is 0 Å². The molecule has 1 aromatic carbocycles. The number of hydrogen-bond donors (Lipinski definition) is 1. The number of imidazole rings is 1. The fourth-order valence-corrected chi connectivity index (χ4v) is 3.03. The SMILES string of the molecule is Cn1c(-c2ccccc2)nc(S(N)(=O)=O)c1CC(C)(C)C. The van der Waals surface area contributed by atoms with Crippen molar-refractivity contribution in [3.05, 3.63) is 36.0 Å². The molecule has 0 spiro atoms. The molecule has 2 N–H and O–H groups in total. The van der Waals surface area contributed by atoms with E-state index >= 15 is 0 Å². The molecule has 0 saturated carbocycles. The van der Waals surface area contributed by atoms with Gasteiger partial charge in [-0.05, 0) is 11.8 Å². The van der Waals surface area contributed by atoms with Crippen molar-refractivity contribution in [2.75, 3.05) is 0 Å². The van der Waals surface area contributed by atoms with Crippen LogP contribution in [0, 0.1) is 5.41 Å². The summed E-state index contributed by atoms with van der Waals surface area (Å²) in [6, 6.07) is 9.49. The van der Waals surface area contributed by atoms with Crippen LogP contribution in [0.25, 0.3) is 11.4 Å². The maximum absolute atomic E-state index is 11.8. The zero-order chi connectivity index (χ0) is 15.8. The maximum atomic E-state index is 11.8. The Balaban J connectivity index is 2.66. The van der Waals surface area contributed by atoms with Gasteiger partial charge in [-0.2, -0.15) is 0 Å². The van der Waals surface area contributed by atoms with E-state index in [1.807, 2.05) is 41.9 Å². The fraction of sp³-hybridized carbons (Fsp3) is 0.400. The first-order valence-corrected chi connectivity index (χ1v) is 8.28. The van der Waals surface area contributed by atoms with Crippen LogP contribution < -0.4 is 5.14 Å². The summed E-state index contributed by atoms with van der Waals surface area (Å²) >= 11 is 0. The molecule has 0 atom stereocenters. The van der Waals surface area contributed by atoms with E-state index in [-0.39, 0.29) is 10.4 Å². The van der Waals surface area contributed by atoms with E-state index in [0.717, 1.165) is 5.56 Å². The zero-order valence-corrected chi connectivity index (χ0v) is 13.6. The van der Waals surface area contributed by atoms with E-state index in [0.29, 0.717) is 17.9 Å². The number of primary sulfonamides is 1. The molecule has 0 fully saturated rings. The highest BCUT2D eigenvalue weighted by atomic mass is 32.2. The van der Waals surface area contributed by atoms with Gasteiger partial charge in [0.2, 0.25) is 0 Å². The molecule has 0 radical (unpaired) electrons. The van der Waals surface area contributed by atoms with Crippen molar-refractivity contribution >= 4 is 10.0 Å². The quantitative estimate of drug-likeness (QED) is 0.945. The number of sulfonamides is 1. The van der Waals surface area contributed by atoms with E-state index < -0.39 is 10.0 Å². The molecule has 5 nitrogen and oxygen atoms in total. The van der Waals surface area contributed by atoms with Gasteiger partial charge in [-0.1, -0.05) is 51.1 Å². The Bertz CT molecular complexity index is 741. The van der Waals surface area contributed by atoms with Crippen LogP contribution in [-0.2, 0) is 23.5 Å². The molecular formula is C15H21N3O2S. The largest absolute Gasteiger partial charge is 0.330 e. The smallest absolute Gasteiger partial charge is 0.257 e. The van der Waals surface area contributed by atoms with Crippen LogP contribution in [0.1, 0.15) is 26.5 Å². The topological polar surface area (TPSA) is 78.0 Å². The van der Waals surface area contributed by atoms with E-state index in [2.05, 4.69) is 25.8 Å². The zero-order valence-electron chi connectivity index (χ0n) is 12.8. The highest BCUT2D eigenvalue weighted by molar-refractivity contribution is 7.89. The molecule has 0 saturated heterocycles. The van der Waals surface area contributed by atoms with Gasteiger partial charge in [0.25, 0.3) is 10.0 Å². The number of hydrogen-bond acceptors (Lipinski definition) is 3. The number of nitrogens with zero attached hydrogens (tertiary/aromatic N) is 2. The average Bonchev–Trinajstić information content (AvgIpc) is 2.66. The van der Waals surface area contributed by atoms with E-state index in [4.69, 9.17) is 5.14 Å². The molecule has 1 heterocycles. The molecule has 0 aliphatic rings. The normalized spacial score (nSPS) is 12.6. The molecule has 21 heavy (non-hydrogen) atoms. The van der Waals surface area contributed by atoms with Crippen molar-refractivity contribution in [2.45, 2.75) is 32.2 Å². The molecule has 2 aromatic rings. The first kappa shape index (κ1) is 15.7. The molecule has 0 unspecified atom stereocenters. The van der Waals surface area contributed by atoms with Crippen molar-refractivity contribution in [3.8, 4) is 11.4 Å². The Labute approximate surface area is 125 Å². The van der Waals surface area contributed by atoms with Gasteiger partial charge in [-0.3, -0.25) is 0 Å². The summed E-state index contributed by atoms with van der Waals surface area (Å²) < 4.78 is 25.5. The number of benzene rings is 1. The van der Waals surface area contributed by atoms with Gasteiger partial charge in [0.15, 0.2) is 5.03 Å². The standard InChI is InChI=1S/C15H21N3O2S/c1-15(2,3)10-12-14(21(16,19)20)17-13(18(12)4)11-8-6-5-7-9-11/h5-9H,10H2,1-4H3,(H2,16,19,20). The number of aromatic nitrogens is 2. The van der Waals surface area contributed by atoms with Gasteiger partial charge in [-0.15, -0.1) is 0 Å². The van der Waals surface area contributed by atoms with E-state index in [9.17, 15) is 8.42 Å². The van der Waals surface area contributed by atoms with Crippen LogP contribution in [0.5, 0.6) is 0 Å². The van der Waals surface area contributed by atoms with Crippen LogP contribution in [0.4, 0.5) is 0 Å². The third-order valence-electron chi connectivity index (χ3n) is 3.18. The minimum absolute atomic E-state index is 0.0289. The van der Waals surface area contributed by atoms with Crippen molar-refractivity contribution in [2.24, 2.45) is 17.6 Å². The van der Waals surface area contributed by atoms with E-state index in [1.165, 1.54) is 0 Å². The van der Waals surface area contributed by atoms with Crippen LogP contribution in [0.3, 0.4) is 0 Å². The third kappa shape index (κ3) is 3.51. The third-order valence-corrected chi connectivity index (χ3v) is 4.04. The lowest BCUT2D eigenvalue weighted by Gasteiger charge is -2.19. The molecule has 0 amide bonds. The lowest BCUT2D eigenvalue weighted by atomic mass is 9.91. The molecular weight excluding hydrogens is 286 g/mol. The maximum Gasteiger partial charge on any atom is 0.257 e. The molecule has 0 aliphatic heterocycles. The monoisotopic (exact) mass is 307 g/mol. The Hall–Kier alpha value is -1.66. The minimum atomic E-state index is -3.85. The first-order valence-electron chi connectivity index (χ1n) is 6.73. The lowest BCUT2D eigenvalue weighted by Crippen LogP contribution is -2.19. The predicted molar refractivity (Wildman–Crippen MR) is 83.2 cm³/mol. The van der Waals surface area contributed by atoms with Gasteiger partial charge in [0, 0.05) is 12.6 Å². The highest BCUT2D eigenvalue weighted by Gasteiger charge is 2.26. The van der Waals surface area contributed by atoms with Gasteiger partial charge < -0.3 is 4.57 Å². The van der Waals surface area contributed by atoms with Crippen molar-refractivity contribution in [1.82, 2.24) is 9.55 Å². The fourth-order valence-electron chi connectivity index (χ4n) is 2.28. The lowest BCUT2D eigenvalue weighted by molar-refractivity contribution is 0.397. The second-order valence-electron chi connectivity index (χ2n) is 6.39. The highest BCUT2D eigenvalue weighted by Crippen LogP contribution is 2.29. The molecule has 0 aliphatic carbocycles. The molecule has 0 bridgehead atoms.